The molecule has 0 N–H and O–H groups in total. The lowest BCUT2D eigenvalue weighted by atomic mass is 9.86. The summed E-state index contributed by atoms with van der Waals surface area (Å²) in [5, 5.41) is 2.96. The van der Waals surface area contributed by atoms with Crippen LogP contribution in [0.15, 0.2) is 32.9 Å². The van der Waals surface area contributed by atoms with Crippen LogP contribution in [-0.4, -0.2) is 32.0 Å². The van der Waals surface area contributed by atoms with Crippen molar-refractivity contribution in [3.05, 3.63) is 23.9 Å². The Labute approximate surface area is 130 Å². The molecule has 0 amide bonds. The number of nitrogens with zero attached hydrogens (tertiary/aromatic N) is 2. The van der Waals surface area contributed by atoms with Gasteiger partial charge >= 0.3 is 11.3 Å². The Morgan fingerprint density at radius 3 is 2.78 bits per heavy atom. The highest BCUT2D eigenvalue weighted by atomic mass is 32.2. The van der Waals surface area contributed by atoms with Crippen molar-refractivity contribution in [3.8, 4) is 0 Å². The maximum absolute atomic E-state index is 12.7. The highest BCUT2D eigenvalue weighted by Crippen LogP contribution is 2.26. The zero-order chi connectivity index (χ0) is 16.9. The third kappa shape index (κ3) is 5.08. The fourth-order valence-electron chi connectivity index (χ4n) is 1.78. The number of hydrogen-bond acceptors (Lipinski definition) is 6. The van der Waals surface area contributed by atoms with E-state index in [1.807, 2.05) is 0 Å². The fraction of sp³-hybridized carbons (Fsp3) is 0.538. The summed E-state index contributed by atoms with van der Waals surface area (Å²) in [6, 6.07) is 0. The van der Waals surface area contributed by atoms with Crippen LogP contribution in [0.5, 0.6) is 0 Å². The van der Waals surface area contributed by atoms with E-state index in [0.29, 0.717) is 12.5 Å². The number of rotatable bonds is 8. The summed E-state index contributed by atoms with van der Waals surface area (Å²) in [6.07, 6.45) is 2.17. The van der Waals surface area contributed by atoms with Crippen LogP contribution >= 0.6 is 0 Å². The molecular formula is C13H15F3N2O4S. The number of allylic oxidation sites excluding steroid dienone is 1. The first-order valence-electron chi connectivity index (χ1n) is 6.92. The molecule has 0 bridgehead atoms. The molecule has 2 rings (SSSR count). The number of aromatic nitrogens is 1. The first-order chi connectivity index (χ1) is 10.9. The normalized spacial score (nSPS) is 15.6. The van der Waals surface area contributed by atoms with E-state index < -0.39 is 39.1 Å². The summed E-state index contributed by atoms with van der Waals surface area (Å²) < 4.78 is 65.0. The van der Waals surface area contributed by atoms with Crippen LogP contribution in [0.4, 0.5) is 13.2 Å². The van der Waals surface area contributed by atoms with Crippen molar-refractivity contribution in [3.63, 3.8) is 0 Å². The molecule has 1 aliphatic carbocycles. The van der Waals surface area contributed by atoms with Crippen molar-refractivity contribution in [1.82, 2.24) is 4.98 Å². The second-order valence-corrected chi connectivity index (χ2v) is 7.08. The van der Waals surface area contributed by atoms with E-state index >= 15 is 0 Å². The van der Waals surface area contributed by atoms with Gasteiger partial charge in [0.05, 0.1) is 11.9 Å². The summed E-state index contributed by atoms with van der Waals surface area (Å²) in [5.41, 5.74) is 0. The van der Waals surface area contributed by atoms with Crippen LogP contribution in [0.1, 0.15) is 31.4 Å². The number of halogens is 3. The second-order valence-electron chi connectivity index (χ2n) is 5.09. The molecule has 0 aliphatic heterocycles. The van der Waals surface area contributed by atoms with Gasteiger partial charge in [-0.05, 0) is 18.8 Å². The van der Waals surface area contributed by atoms with Gasteiger partial charge in [-0.2, -0.15) is 8.78 Å². The predicted molar refractivity (Wildman–Crippen MR) is 74.4 cm³/mol. The van der Waals surface area contributed by atoms with Gasteiger partial charge in [0.25, 0.3) is 0 Å². The maximum atomic E-state index is 12.7. The van der Waals surface area contributed by atoms with E-state index in [2.05, 4.69) is 10.1 Å². The van der Waals surface area contributed by atoms with Crippen LogP contribution in [-0.2, 0) is 14.7 Å². The Morgan fingerprint density at radius 2 is 2.17 bits per heavy atom. The van der Waals surface area contributed by atoms with Gasteiger partial charge in [0, 0.05) is 6.42 Å². The Hall–Kier alpha value is -1.84. The Kier molecular flexibility index (Phi) is 5.80. The highest BCUT2D eigenvalue weighted by Gasteiger charge is 2.22. The number of hydrogen-bond donors (Lipinski definition) is 0. The molecule has 1 aromatic heterocycles. The molecule has 23 heavy (non-hydrogen) atoms. The summed E-state index contributed by atoms with van der Waals surface area (Å²) in [5.74, 6) is -2.11. The van der Waals surface area contributed by atoms with E-state index in [1.54, 1.807) is 0 Å². The van der Waals surface area contributed by atoms with Crippen LogP contribution < -0.4 is 0 Å². The molecule has 1 heterocycles. The zero-order valence-corrected chi connectivity index (χ0v) is 12.9. The summed E-state index contributed by atoms with van der Waals surface area (Å²) in [7, 11) is -4.09. The molecule has 0 aromatic carbocycles. The summed E-state index contributed by atoms with van der Waals surface area (Å²) in [4.78, 5) is 8.56. The van der Waals surface area contributed by atoms with Gasteiger partial charge in [-0.25, -0.2) is 17.8 Å². The average molecular weight is 352 g/mol. The van der Waals surface area contributed by atoms with Gasteiger partial charge in [-0.15, -0.1) is 0 Å². The molecule has 10 heteroatoms. The highest BCUT2D eigenvalue weighted by molar-refractivity contribution is 7.91. The third-order valence-electron chi connectivity index (χ3n) is 3.35. The fourth-order valence-corrected chi connectivity index (χ4v) is 2.84. The lowest BCUT2D eigenvalue weighted by Gasteiger charge is -2.23. The van der Waals surface area contributed by atoms with Gasteiger partial charge in [0.1, 0.15) is 12.8 Å². The van der Waals surface area contributed by atoms with Crippen molar-refractivity contribution in [1.29, 1.82) is 0 Å². The Morgan fingerprint density at radius 1 is 1.43 bits per heavy atom. The molecule has 0 unspecified atom stereocenters. The zero-order valence-electron chi connectivity index (χ0n) is 12.0. The molecule has 0 atom stereocenters. The monoisotopic (exact) mass is 352 g/mol. The average Bonchev–Trinajstić information content (AvgIpc) is 2.92. The van der Waals surface area contributed by atoms with Crippen LogP contribution in [0.2, 0.25) is 0 Å². The van der Waals surface area contributed by atoms with E-state index in [-0.39, 0.29) is 5.76 Å². The van der Waals surface area contributed by atoms with E-state index in [0.717, 1.165) is 25.3 Å². The quantitative estimate of drug-likeness (QED) is 0.530. The minimum atomic E-state index is -4.09. The molecule has 1 fully saturated rings. The van der Waals surface area contributed by atoms with Crippen molar-refractivity contribution in [2.75, 3.05) is 12.4 Å². The summed E-state index contributed by atoms with van der Waals surface area (Å²) >= 11 is 0. The van der Waals surface area contributed by atoms with Crippen molar-refractivity contribution < 1.29 is 30.8 Å². The number of oxime groups is 1. The molecular weight excluding hydrogens is 337 g/mol. The molecule has 128 valence electrons. The first-order valence-corrected chi connectivity index (χ1v) is 8.57. The first kappa shape index (κ1) is 17.5. The van der Waals surface area contributed by atoms with E-state index in [4.69, 9.17) is 9.25 Å². The number of oxazole rings is 1. The van der Waals surface area contributed by atoms with Gasteiger partial charge < -0.3 is 9.25 Å². The van der Waals surface area contributed by atoms with Gasteiger partial charge in [-0.1, -0.05) is 11.6 Å². The van der Waals surface area contributed by atoms with E-state index in [1.165, 1.54) is 6.42 Å². The third-order valence-corrected chi connectivity index (χ3v) is 4.82. The lowest BCUT2D eigenvalue weighted by molar-refractivity contribution is 0.0766. The number of sulfone groups is 1. The molecule has 0 radical (unpaired) electrons. The lowest BCUT2D eigenvalue weighted by Crippen LogP contribution is -2.16. The minimum Gasteiger partial charge on any atom is -0.427 e. The predicted octanol–water partition coefficient (Wildman–Crippen LogP) is 3.07. The standard InChI is InChI=1S/C13H15F3N2O4S/c14-11(12(15)16)4-5-23(19,20)13-17-6-10(22-13)7-18-21-8-9-2-1-3-9/h6-7,9H,1-5,8H2/b18-7+. The second kappa shape index (κ2) is 7.62. The van der Waals surface area contributed by atoms with E-state index in [9.17, 15) is 21.6 Å². The van der Waals surface area contributed by atoms with Crippen molar-refractivity contribution in [2.24, 2.45) is 11.1 Å². The largest absolute Gasteiger partial charge is 0.427 e. The Bertz CT molecular complexity index is 692. The van der Waals surface area contributed by atoms with Crippen LogP contribution in [0, 0.1) is 5.92 Å². The minimum absolute atomic E-state index is 0.0323. The van der Waals surface area contributed by atoms with Gasteiger partial charge in [0.2, 0.25) is 9.84 Å². The molecule has 0 saturated heterocycles. The molecule has 1 aromatic rings. The van der Waals surface area contributed by atoms with Crippen LogP contribution in [0.3, 0.4) is 0 Å². The SMILES string of the molecule is O=S(=O)(CCC(F)=C(F)F)c1ncc(/C=N/OCC2CCC2)o1. The Balaban J connectivity index is 1.89. The maximum Gasteiger partial charge on any atom is 0.315 e. The van der Waals surface area contributed by atoms with Gasteiger partial charge in [0.15, 0.2) is 11.6 Å². The summed E-state index contributed by atoms with van der Waals surface area (Å²) in [6.45, 7) is 0.482. The molecule has 0 spiro atoms. The van der Waals surface area contributed by atoms with Crippen molar-refractivity contribution >= 4 is 16.1 Å². The van der Waals surface area contributed by atoms with Crippen LogP contribution in [0.25, 0.3) is 0 Å². The smallest absolute Gasteiger partial charge is 0.315 e. The van der Waals surface area contributed by atoms with Crippen molar-refractivity contribution in [2.45, 2.75) is 30.9 Å². The molecule has 1 saturated carbocycles. The molecule has 6 nitrogen and oxygen atoms in total. The van der Waals surface area contributed by atoms with Gasteiger partial charge in [-0.3, -0.25) is 0 Å². The molecule has 1 aliphatic rings. The topological polar surface area (TPSA) is 81.8 Å².